The molecule has 77 heavy (non-hydrogen) atoms. The number of rotatable bonds is 6. The third-order valence-corrected chi connectivity index (χ3v) is 16.3. The van der Waals surface area contributed by atoms with E-state index >= 15 is 8.78 Å². The SMILES string of the molecule is C.[3HH].[3H][3H].[3H][3H].[3H][3H].[3H][3H].[3H][3H].[3H][3H].[3H][3H].[3H][3H].[3H][3H].[3H][3H].[3H][3H].[3H][3H].[3H][3H].[3H][3H].[3H][3H].[3H][3H].[3H][3H].[3H][3H].[3H][3H].[3H][3H].[3H][3H].[3H][3H].[3H][3H].[3H][3H].[3H][3H].[3H][3H].[3H][3H].[3H][3H].[3H][3H].[3H][3H].[3H][3H].[3H][3H].[C-]#[N+]C1=C(O)[C@H](C)[C@H]2CCc3c(-c4ccccc4F)nc(-c4ccnc(-c5ccccc5)c4)nc3[C@]2(C)C1.[C-]#[N+]C1=C[C@@]2(C)c3nc(-c4ccnc(-c5ccccc5)c4)nc(-c4ccccc4F)c3CC[C@@H]2[C@@H](C)C1=O. The van der Waals surface area contributed by atoms with Crippen LogP contribution in [0, 0.1) is 48.5 Å². The summed E-state index contributed by atoms with van der Waals surface area (Å²) >= 11 is 0. The molecular formula is C65H122F2N8O2. The van der Waals surface area contributed by atoms with Crippen LogP contribution < -0.4 is 0 Å². The normalized spacial score (nSPS) is 25.3. The van der Waals surface area contributed by atoms with Gasteiger partial charge in [0.25, 0.3) is 0 Å². The quantitative estimate of drug-likeness (QED) is 0.163. The van der Waals surface area contributed by atoms with Gasteiger partial charge in [-0.3, -0.25) is 9.97 Å². The molecule has 0 fully saturated rings. The number of aromatic nitrogens is 6. The van der Waals surface area contributed by atoms with Crippen LogP contribution in [0.25, 0.3) is 77.5 Å². The molecule has 0 saturated heterocycles. The maximum atomic E-state index is 15.2. The second-order valence-electron chi connectivity index (χ2n) is 20.7. The van der Waals surface area contributed by atoms with Crippen molar-refractivity contribution >= 4 is 5.78 Å². The van der Waals surface area contributed by atoms with Crippen molar-refractivity contribution in [2.75, 3.05) is 0 Å². The van der Waals surface area contributed by atoms with Crippen LogP contribution in [0.3, 0.4) is 0 Å². The fraction of sp³-hybridized carbons (Fsp3) is 0.246. The molecule has 6 atom stereocenters. The van der Waals surface area contributed by atoms with Crippen LogP contribution in [-0.2, 0) is 28.5 Å². The number of aliphatic hydroxyl groups is 1. The Labute approximate surface area is 548 Å². The molecule has 0 aliphatic heterocycles. The van der Waals surface area contributed by atoms with E-state index in [-0.39, 0.29) is 61.4 Å². The first-order chi connectivity index (χ1) is 68.8. The van der Waals surface area contributed by atoms with Crippen molar-refractivity contribution in [1.29, 1.82) is 0 Å². The third-order valence-electron chi connectivity index (χ3n) is 16.3. The third kappa shape index (κ3) is 9.08. The summed E-state index contributed by atoms with van der Waals surface area (Å²) in [5, 5.41) is 10.8. The summed E-state index contributed by atoms with van der Waals surface area (Å²) in [4.78, 5) is 49.4. The minimum Gasteiger partial charge on any atom is -0.523 e. The summed E-state index contributed by atoms with van der Waals surface area (Å²) in [5.74, 6) is -0.0123. The first kappa shape index (κ1) is 25.8. The molecule has 4 heterocycles. The van der Waals surface area contributed by atoms with Crippen LogP contribution in [0.15, 0.2) is 169 Å². The molecule has 448 valence electrons. The molecule has 4 aromatic carbocycles. The van der Waals surface area contributed by atoms with Crippen LogP contribution in [-0.4, -0.2) is 40.8 Å². The van der Waals surface area contributed by atoms with Crippen LogP contribution in [0.5, 0.6) is 0 Å². The van der Waals surface area contributed by atoms with E-state index in [9.17, 15) is 9.90 Å². The van der Waals surface area contributed by atoms with Crippen molar-refractivity contribution in [2.45, 2.75) is 78.1 Å². The highest BCUT2D eigenvalue weighted by Crippen LogP contribution is 2.55. The van der Waals surface area contributed by atoms with Crippen molar-refractivity contribution in [3.8, 4) is 67.8 Å². The fourth-order valence-electron chi connectivity index (χ4n) is 12.4. The number of carbonyl (C=O) groups is 1. The molecule has 0 radical (unpaired) electrons. The maximum absolute atomic E-state index is 15.2. The minimum atomic E-state index is -0.659. The van der Waals surface area contributed by atoms with Gasteiger partial charge in [-0.25, -0.2) is 38.4 Å². The lowest BCUT2D eigenvalue weighted by Crippen LogP contribution is -2.46. The van der Waals surface area contributed by atoms with Crippen molar-refractivity contribution in [1.82, 2.24) is 29.9 Å². The van der Waals surface area contributed by atoms with Gasteiger partial charge < -0.3 is 9.90 Å². The molecule has 8 aromatic rings. The standard InChI is InChI=1S/C32H27FN4O.C32H25FN4O.CH4.33H2/c2*1-19-24-14-13-23-28(22-11-7-8-12-25(22)33)36-31(37-30(23)32(24,2)18-27(34-3)29(19)38)21-15-16-35-26(17-21)20-9-5-4-6-10-20;;;;;;;;;;;;;;;;;;;;;;;;;;;;;;;;;;/h4-12,15-17,19,24,38H,13-14,18H2,1-2H3;4-12,15-19,24H,13-14H2,1-2H3;1H4;33*1H/t2*19-,24-,32-;;;;;;;;;;;;;;;;;;;;;;;;;;;;;;;;;;/m11................................../s1/i;;;32*1+2T;1+2. The molecule has 0 amide bonds. The molecule has 12 heteroatoms. The Morgan fingerprint density at radius 2 is 1.10 bits per heavy atom. The highest BCUT2D eigenvalue weighted by Gasteiger charge is 2.51. The van der Waals surface area contributed by atoms with Gasteiger partial charge in [0.05, 0.1) is 53.1 Å². The number of benzene rings is 4. The molecule has 0 saturated carbocycles. The van der Waals surface area contributed by atoms with E-state index in [2.05, 4.69) is 26.6 Å². The minimum absolute atomic E-state index is 0. The zero-order chi connectivity index (χ0) is 117. The maximum Gasteiger partial charge on any atom is 0.226 e. The summed E-state index contributed by atoms with van der Waals surface area (Å²) in [6.07, 6.45) is 8.49. The van der Waals surface area contributed by atoms with Crippen molar-refractivity contribution in [2.24, 2.45) is 23.7 Å². The van der Waals surface area contributed by atoms with Gasteiger partial charge in [0.15, 0.2) is 17.4 Å². The van der Waals surface area contributed by atoms with Gasteiger partial charge in [-0.05, 0) is 92.5 Å². The zero-order valence-corrected chi connectivity index (χ0v) is 42.5. The van der Waals surface area contributed by atoms with Crippen molar-refractivity contribution in [3.63, 3.8) is 0 Å². The zero-order valence-electron chi connectivity index (χ0n) is 106. The van der Waals surface area contributed by atoms with Crippen molar-refractivity contribution in [3.05, 3.63) is 226 Å². The Morgan fingerprint density at radius 3 is 1.61 bits per heavy atom. The molecule has 0 unspecified atom stereocenters. The fourth-order valence-corrected chi connectivity index (χ4v) is 12.4. The van der Waals surface area contributed by atoms with Crippen LogP contribution in [0.1, 0.15) is 173 Å². The second kappa shape index (κ2) is 20.7. The number of ketones is 1. The van der Waals surface area contributed by atoms with Gasteiger partial charge in [-0.15, -0.1) is 0 Å². The summed E-state index contributed by atoms with van der Waals surface area (Å²) in [6, 6.07) is 40.8. The summed E-state index contributed by atoms with van der Waals surface area (Å²) < 4.78 is 350. The van der Waals surface area contributed by atoms with Crippen LogP contribution >= 0.6 is 0 Å². The summed E-state index contributed by atoms with van der Waals surface area (Å²) in [5.41, 5.74) is 9.88. The summed E-state index contributed by atoms with van der Waals surface area (Å²) in [7, 11) is 0. The number of halogens is 2. The monoisotopic (exact) mass is 1220 g/mol. The Morgan fingerprint density at radius 1 is 0.623 bits per heavy atom. The van der Waals surface area contributed by atoms with Crippen LogP contribution in [0.2, 0.25) is 0 Å². The van der Waals surface area contributed by atoms with E-state index in [4.69, 9.17) is 128 Å². The number of allylic oxidation sites excluding steroid dienone is 4. The number of hydrogen-bond donors (Lipinski definition) is 1. The highest BCUT2D eigenvalue weighted by atomic mass is 19.1. The molecule has 12 rings (SSSR count). The van der Waals surface area contributed by atoms with E-state index in [1.54, 1.807) is 48.8 Å². The molecule has 0 bridgehead atoms. The van der Waals surface area contributed by atoms with Gasteiger partial charge in [0.1, 0.15) is 11.6 Å². The van der Waals surface area contributed by atoms with E-state index in [0.29, 0.717) is 59.1 Å². The molecular weight excluding hydrogens is 963 g/mol. The molecule has 0 spiro atoms. The van der Waals surface area contributed by atoms with Gasteiger partial charge in [0, 0.05) is 176 Å². The smallest absolute Gasteiger partial charge is 0.226 e. The van der Waals surface area contributed by atoms with E-state index in [1.165, 1.54) is 12.1 Å². The van der Waals surface area contributed by atoms with Gasteiger partial charge in [-0.2, -0.15) is 0 Å². The Hall–Kier alpha value is -8.87. The number of pyridine rings is 2. The van der Waals surface area contributed by atoms with E-state index in [1.807, 2.05) is 112 Å². The van der Waals surface area contributed by atoms with E-state index in [0.717, 1.165) is 69.0 Å². The highest BCUT2D eigenvalue weighted by molar-refractivity contribution is 6.00. The number of nitrogens with zero attached hydrogens (tertiary/aromatic N) is 8. The largest absolute Gasteiger partial charge is 0.523 e. The summed E-state index contributed by atoms with van der Waals surface area (Å²) in [6.45, 7) is 23.4. The second-order valence-corrected chi connectivity index (χ2v) is 20.7. The lowest BCUT2D eigenvalue weighted by molar-refractivity contribution is -0.121. The Balaban J connectivity index is -0.0000000566. The molecule has 4 aromatic heterocycles. The first-order valence-corrected chi connectivity index (χ1v) is 25.6. The van der Waals surface area contributed by atoms with Gasteiger partial charge in [0.2, 0.25) is 11.4 Å². The predicted molar refractivity (Wildman–Crippen MR) is 366 cm³/mol. The average molecular weight is 1220 g/mol. The molecule has 4 aliphatic carbocycles. The van der Waals surface area contributed by atoms with Crippen molar-refractivity contribution < 1.29 is 115 Å². The number of fused-ring (bicyclic) bond motifs is 6. The van der Waals surface area contributed by atoms with Crippen LogP contribution in [0.4, 0.5) is 8.78 Å². The Bertz CT molecular complexity index is 3910. The van der Waals surface area contributed by atoms with Gasteiger partial charge in [-0.1, -0.05) is 126 Å². The number of hydrogen-bond acceptors (Lipinski definition) is 8. The Kier molecular flexibility index (Phi) is 6.93. The number of aliphatic hydroxyl groups excluding tert-OH is 1. The molecule has 10 nitrogen and oxygen atoms in total. The number of carbonyl (C=O) groups excluding carboxylic acids is 1. The molecule has 4 aliphatic rings. The van der Waals surface area contributed by atoms with E-state index < -0.39 is 10.8 Å². The van der Waals surface area contributed by atoms with Gasteiger partial charge >= 0.3 is 0 Å². The average Bonchev–Trinajstić information content (AvgIpc) is 0.723. The lowest BCUT2D eigenvalue weighted by atomic mass is 9.57. The first-order valence-electron chi connectivity index (χ1n) is 57.6. The molecule has 1 N–H and O–H groups in total. The number of Topliss-reactive ketones (excluding diaryl/α,β-unsaturated/α-hetero) is 1. The lowest BCUT2D eigenvalue weighted by Gasteiger charge is -2.48. The topological polar surface area (TPSA) is 123 Å². The predicted octanol–water partition coefficient (Wildman–Crippen LogP) is 23.2.